The lowest BCUT2D eigenvalue weighted by molar-refractivity contribution is -0.119. The van der Waals surface area contributed by atoms with E-state index in [1.54, 1.807) is 6.92 Å². The number of hydrogen-bond acceptors (Lipinski definition) is 3. The smallest absolute Gasteiger partial charge is 0.130 e. The van der Waals surface area contributed by atoms with Gasteiger partial charge in [-0.1, -0.05) is 38.1 Å². The van der Waals surface area contributed by atoms with Gasteiger partial charge in [-0.2, -0.15) is 0 Å². The summed E-state index contributed by atoms with van der Waals surface area (Å²) in [5, 5.41) is 2.26. The van der Waals surface area contributed by atoms with Gasteiger partial charge in [-0.15, -0.1) is 0 Å². The fraction of sp³-hybridized carbons (Fsp3) is 0.368. The molecule has 0 spiro atoms. The fourth-order valence-electron chi connectivity index (χ4n) is 3.46. The highest BCUT2D eigenvalue weighted by Crippen LogP contribution is 2.33. The normalized spacial score (nSPS) is 12.2. The van der Waals surface area contributed by atoms with E-state index in [1.807, 2.05) is 25.1 Å². The predicted molar refractivity (Wildman–Crippen MR) is 95.5 cm³/mol. The summed E-state index contributed by atoms with van der Waals surface area (Å²) in [4.78, 5) is 16.2. The first-order valence-corrected chi connectivity index (χ1v) is 7.92. The number of aryl methyl sites for hydroxylation is 1. The van der Waals surface area contributed by atoms with Crippen LogP contribution in [0.3, 0.4) is 0 Å². The van der Waals surface area contributed by atoms with Crippen molar-refractivity contribution in [2.24, 2.45) is 5.41 Å². The molecule has 23 heavy (non-hydrogen) atoms. The Labute approximate surface area is 136 Å². The minimum absolute atomic E-state index is 0.129. The summed E-state index contributed by atoms with van der Waals surface area (Å²) in [6, 6.07) is 10.2. The van der Waals surface area contributed by atoms with Crippen LogP contribution in [0.25, 0.3) is 21.8 Å². The molecule has 4 heteroatoms. The van der Waals surface area contributed by atoms with Gasteiger partial charge in [-0.3, -0.25) is 0 Å². The average molecular weight is 309 g/mol. The lowest BCUT2D eigenvalue weighted by Crippen LogP contribution is -2.23. The van der Waals surface area contributed by atoms with Crippen molar-refractivity contribution in [1.29, 1.82) is 0 Å². The molecule has 0 saturated carbocycles. The molecule has 2 aromatic carbocycles. The second-order valence-electron chi connectivity index (χ2n) is 7.17. The van der Waals surface area contributed by atoms with Crippen molar-refractivity contribution in [3.8, 4) is 0 Å². The van der Waals surface area contributed by atoms with Crippen molar-refractivity contribution in [3.05, 3.63) is 36.2 Å². The third-order valence-electron chi connectivity index (χ3n) is 4.27. The molecule has 0 amide bonds. The summed E-state index contributed by atoms with van der Waals surface area (Å²) >= 11 is 0. The first kappa shape index (κ1) is 15.5. The molecule has 0 aliphatic heterocycles. The molecule has 0 bridgehead atoms. The van der Waals surface area contributed by atoms with Gasteiger partial charge in [0.2, 0.25) is 0 Å². The molecule has 2 N–H and O–H groups in total. The third kappa shape index (κ3) is 2.81. The van der Waals surface area contributed by atoms with Gasteiger partial charge in [0.1, 0.15) is 17.1 Å². The second kappa shape index (κ2) is 5.37. The van der Waals surface area contributed by atoms with E-state index in [1.165, 1.54) is 0 Å². The number of nitrogens with two attached hydrogens (primary N) is 1. The molecule has 0 atom stereocenters. The maximum Gasteiger partial charge on any atom is 0.130 e. The number of imidazole rings is 1. The third-order valence-corrected chi connectivity index (χ3v) is 4.27. The Morgan fingerprint density at radius 3 is 2.70 bits per heavy atom. The van der Waals surface area contributed by atoms with Gasteiger partial charge >= 0.3 is 0 Å². The maximum atomic E-state index is 11.6. The molecule has 120 valence electrons. The predicted octanol–water partition coefficient (Wildman–Crippen LogP) is 4.09. The van der Waals surface area contributed by atoms with Gasteiger partial charge in [0.25, 0.3) is 0 Å². The summed E-state index contributed by atoms with van der Waals surface area (Å²) in [6.45, 7) is 8.62. The van der Waals surface area contributed by atoms with Gasteiger partial charge in [0, 0.05) is 18.4 Å². The van der Waals surface area contributed by atoms with E-state index < -0.39 is 0 Å². The zero-order chi connectivity index (χ0) is 16.8. The SMILES string of the molecule is CC(=O)CC(C)(C)Cn1c(C)nc2c(N)cc3ccccc3c21. The van der Waals surface area contributed by atoms with Crippen molar-refractivity contribution in [2.75, 3.05) is 5.73 Å². The van der Waals surface area contributed by atoms with E-state index in [0.29, 0.717) is 12.1 Å². The monoisotopic (exact) mass is 309 g/mol. The summed E-state index contributed by atoms with van der Waals surface area (Å²) in [6.07, 6.45) is 0.548. The standard InChI is InChI=1S/C19H23N3O/c1-12(23)10-19(3,4)11-22-13(2)21-17-16(20)9-14-7-5-6-8-15(14)18(17)22/h5-9H,10-11,20H2,1-4H3. The number of rotatable bonds is 4. The summed E-state index contributed by atoms with van der Waals surface area (Å²) < 4.78 is 2.21. The van der Waals surface area contributed by atoms with Crippen LogP contribution in [0.5, 0.6) is 0 Å². The molecule has 0 aliphatic rings. The number of carbonyl (C=O) groups excluding carboxylic acids is 1. The Morgan fingerprint density at radius 1 is 1.30 bits per heavy atom. The fourth-order valence-corrected chi connectivity index (χ4v) is 3.46. The van der Waals surface area contributed by atoms with Crippen molar-refractivity contribution >= 4 is 33.3 Å². The van der Waals surface area contributed by atoms with E-state index in [4.69, 9.17) is 5.73 Å². The number of fused-ring (bicyclic) bond motifs is 3. The number of carbonyl (C=O) groups is 1. The summed E-state index contributed by atoms with van der Waals surface area (Å²) in [5.41, 5.74) is 8.70. The molecule has 0 fully saturated rings. The van der Waals surface area contributed by atoms with Crippen LogP contribution in [0.1, 0.15) is 33.0 Å². The van der Waals surface area contributed by atoms with Crippen LogP contribution in [0.2, 0.25) is 0 Å². The number of nitrogens with zero attached hydrogens (tertiary/aromatic N) is 2. The Balaban J connectivity index is 2.24. The van der Waals surface area contributed by atoms with Crippen molar-refractivity contribution < 1.29 is 4.79 Å². The number of nitrogen functional groups attached to an aromatic ring is 1. The van der Waals surface area contributed by atoms with Crippen LogP contribution in [-0.4, -0.2) is 15.3 Å². The van der Waals surface area contributed by atoms with E-state index in [9.17, 15) is 4.79 Å². The van der Waals surface area contributed by atoms with E-state index in [2.05, 4.69) is 35.5 Å². The zero-order valence-corrected chi connectivity index (χ0v) is 14.2. The van der Waals surface area contributed by atoms with Crippen molar-refractivity contribution in [1.82, 2.24) is 9.55 Å². The molecule has 4 nitrogen and oxygen atoms in total. The zero-order valence-electron chi connectivity index (χ0n) is 14.2. The van der Waals surface area contributed by atoms with Crippen LogP contribution in [-0.2, 0) is 11.3 Å². The topological polar surface area (TPSA) is 60.9 Å². The lowest BCUT2D eigenvalue weighted by atomic mass is 9.87. The number of Topliss-reactive ketones (excluding diaryl/α,β-unsaturated/α-hetero) is 1. The highest BCUT2D eigenvalue weighted by atomic mass is 16.1. The molecule has 1 aromatic heterocycles. The van der Waals surface area contributed by atoms with Crippen molar-refractivity contribution in [3.63, 3.8) is 0 Å². The highest BCUT2D eigenvalue weighted by molar-refractivity contribution is 6.09. The van der Waals surface area contributed by atoms with Crippen LogP contribution in [0, 0.1) is 12.3 Å². The number of anilines is 1. The quantitative estimate of drug-likeness (QED) is 0.738. The molecule has 0 unspecified atom stereocenters. The average Bonchev–Trinajstić information content (AvgIpc) is 2.75. The molecule has 0 aliphatic carbocycles. The molecule has 0 radical (unpaired) electrons. The van der Waals surface area contributed by atoms with Crippen LogP contribution < -0.4 is 5.73 Å². The molecule has 3 aromatic rings. The Morgan fingerprint density at radius 2 is 2.00 bits per heavy atom. The Bertz CT molecular complexity index is 906. The second-order valence-corrected chi connectivity index (χ2v) is 7.17. The number of hydrogen-bond donors (Lipinski definition) is 1. The number of aromatic nitrogens is 2. The van der Waals surface area contributed by atoms with Gasteiger partial charge in [-0.25, -0.2) is 4.98 Å². The molecular weight excluding hydrogens is 286 g/mol. The minimum Gasteiger partial charge on any atom is -0.397 e. The van der Waals surface area contributed by atoms with E-state index in [-0.39, 0.29) is 11.2 Å². The largest absolute Gasteiger partial charge is 0.397 e. The molecule has 1 heterocycles. The molecule has 0 saturated heterocycles. The van der Waals surface area contributed by atoms with Gasteiger partial charge < -0.3 is 15.1 Å². The highest BCUT2D eigenvalue weighted by Gasteiger charge is 2.24. The van der Waals surface area contributed by atoms with Crippen molar-refractivity contribution in [2.45, 2.75) is 40.7 Å². The van der Waals surface area contributed by atoms with Gasteiger partial charge in [0.15, 0.2) is 0 Å². The lowest BCUT2D eigenvalue weighted by Gasteiger charge is -2.25. The van der Waals surface area contributed by atoms with E-state index in [0.717, 1.165) is 34.2 Å². The summed E-state index contributed by atoms with van der Waals surface area (Å²) in [7, 11) is 0. The first-order chi connectivity index (χ1) is 10.8. The summed E-state index contributed by atoms with van der Waals surface area (Å²) in [5.74, 6) is 1.14. The number of ketones is 1. The van der Waals surface area contributed by atoms with Crippen LogP contribution in [0.15, 0.2) is 30.3 Å². The number of benzene rings is 2. The van der Waals surface area contributed by atoms with Gasteiger partial charge in [-0.05, 0) is 30.7 Å². The van der Waals surface area contributed by atoms with Gasteiger partial charge in [0.05, 0.1) is 11.2 Å². The maximum absolute atomic E-state index is 11.6. The Hall–Kier alpha value is -2.36. The minimum atomic E-state index is -0.129. The first-order valence-electron chi connectivity index (χ1n) is 7.92. The van der Waals surface area contributed by atoms with Crippen LogP contribution >= 0.6 is 0 Å². The van der Waals surface area contributed by atoms with Crippen LogP contribution in [0.4, 0.5) is 5.69 Å². The Kier molecular flexibility index (Phi) is 3.63. The molecular formula is C19H23N3O. The van der Waals surface area contributed by atoms with E-state index >= 15 is 0 Å². The molecule has 3 rings (SSSR count).